The van der Waals surface area contributed by atoms with E-state index in [4.69, 9.17) is 6.42 Å². The lowest BCUT2D eigenvalue weighted by Gasteiger charge is -1.90. The van der Waals surface area contributed by atoms with Gasteiger partial charge in [-0.2, -0.15) is 0 Å². The molecule has 0 fully saturated rings. The van der Waals surface area contributed by atoms with Gasteiger partial charge in [0.25, 0.3) is 0 Å². The van der Waals surface area contributed by atoms with Crippen LogP contribution >= 0.6 is 33.9 Å². The highest BCUT2D eigenvalue weighted by Gasteiger charge is 2.08. The molecule has 0 aromatic carbocycles. The summed E-state index contributed by atoms with van der Waals surface area (Å²) in [5.41, 5.74) is 0. The first-order chi connectivity index (χ1) is 5.25. The maximum atomic E-state index is 11.2. The summed E-state index contributed by atoms with van der Waals surface area (Å²) in [6.45, 7) is 0. The smallest absolute Gasteiger partial charge is 0.185 e. The van der Waals surface area contributed by atoms with Crippen molar-refractivity contribution in [3.8, 4) is 12.3 Å². The number of ketones is 1. The van der Waals surface area contributed by atoms with Crippen molar-refractivity contribution in [1.82, 2.24) is 0 Å². The number of Topliss-reactive ketones (excluding diaryl/α,β-unsaturated/α-hetero) is 1. The summed E-state index contributed by atoms with van der Waals surface area (Å²) in [4.78, 5) is 12.0. The third-order valence-corrected chi connectivity index (χ3v) is 3.35. The minimum Gasteiger partial charge on any atom is -0.292 e. The van der Waals surface area contributed by atoms with Crippen molar-refractivity contribution in [3.05, 3.63) is 19.9 Å². The second kappa shape index (κ2) is 3.88. The average molecular weight is 276 g/mol. The largest absolute Gasteiger partial charge is 0.292 e. The molecule has 0 spiro atoms. The summed E-state index contributed by atoms with van der Waals surface area (Å²) in [7, 11) is 0. The molecular weight excluding hydrogens is 271 g/mol. The molecule has 3 heteroatoms. The Labute approximate surface area is 83.0 Å². The first-order valence-electron chi connectivity index (χ1n) is 2.95. The lowest BCUT2D eigenvalue weighted by atomic mass is 10.2. The quantitative estimate of drug-likeness (QED) is 0.461. The molecule has 0 N–H and O–H groups in total. The maximum Gasteiger partial charge on any atom is 0.185 e. The van der Waals surface area contributed by atoms with Crippen molar-refractivity contribution in [1.29, 1.82) is 0 Å². The SMILES string of the molecule is C#CCC(=O)c1sccc1I. The van der Waals surface area contributed by atoms with Gasteiger partial charge < -0.3 is 0 Å². The molecule has 0 atom stereocenters. The molecule has 0 aliphatic rings. The van der Waals surface area contributed by atoms with Gasteiger partial charge in [0.05, 0.1) is 11.3 Å². The minimum atomic E-state index is 0.0481. The molecule has 1 nitrogen and oxygen atoms in total. The lowest BCUT2D eigenvalue weighted by molar-refractivity contribution is 0.100. The number of carbonyl (C=O) groups excluding carboxylic acids is 1. The predicted molar refractivity (Wildman–Crippen MR) is 54.8 cm³/mol. The van der Waals surface area contributed by atoms with Crippen molar-refractivity contribution >= 4 is 39.7 Å². The summed E-state index contributed by atoms with van der Waals surface area (Å²) in [6.07, 6.45) is 5.22. The molecule has 1 rings (SSSR count). The minimum absolute atomic E-state index is 0.0481. The molecule has 0 bridgehead atoms. The highest BCUT2D eigenvalue weighted by atomic mass is 127. The van der Waals surface area contributed by atoms with Crippen LogP contribution in [0.15, 0.2) is 11.4 Å². The van der Waals surface area contributed by atoms with E-state index in [1.165, 1.54) is 11.3 Å². The molecule has 56 valence electrons. The third-order valence-electron chi connectivity index (χ3n) is 1.13. The highest BCUT2D eigenvalue weighted by molar-refractivity contribution is 14.1. The number of carbonyl (C=O) groups is 1. The summed E-state index contributed by atoms with van der Waals surface area (Å²) in [5, 5.41) is 1.89. The van der Waals surface area contributed by atoms with Crippen molar-refractivity contribution in [2.75, 3.05) is 0 Å². The van der Waals surface area contributed by atoms with Crippen LogP contribution in [-0.4, -0.2) is 5.78 Å². The number of halogens is 1. The Hall–Kier alpha value is -0.340. The summed E-state index contributed by atoms with van der Waals surface area (Å²) in [5.74, 6) is 2.38. The zero-order valence-electron chi connectivity index (χ0n) is 5.63. The molecule has 0 unspecified atom stereocenters. The van der Waals surface area contributed by atoms with E-state index < -0.39 is 0 Å². The van der Waals surface area contributed by atoms with Crippen LogP contribution in [0.25, 0.3) is 0 Å². The number of hydrogen-bond acceptors (Lipinski definition) is 2. The zero-order valence-corrected chi connectivity index (χ0v) is 8.61. The van der Waals surface area contributed by atoms with Gasteiger partial charge in [0.2, 0.25) is 0 Å². The molecular formula is C8H5IOS. The van der Waals surface area contributed by atoms with E-state index in [0.717, 1.165) is 8.45 Å². The maximum absolute atomic E-state index is 11.2. The fourth-order valence-electron chi connectivity index (χ4n) is 0.666. The summed E-state index contributed by atoms with van der Waals surface area (Å²) in [6, 6.07) is 1.91. The van der Waals surface area contributed by atoms with E-state index in [2.05, 4.69) is 28.5 Å². The number of hydrogen-bond donors (Lipinski definition) is 0. The molecule has 0 saturated heterocycles. The van der Waals surface area contributed by atoms with Crippen LogP contribution in [0, 0.1) is 15.9 Å². The molecule has 1 aromatic rings. The number of rotatable bonds is 2. The molecule has 0 aliphatic heterocycles. The van der Waals surface area contributed by atoms with Crippen LogP contribution in [-0.2, 0) is 0 Å². The fraction of sp³-hybridized carbons (Fsp3) is 0.125. The van der Waals surface area contributed by atoms with Gasteiger partial charge in [0, 0.05) is 3.57 Å². The molecule has 1 aromatic heterocycles. The van der Waals surface area contributed by atoms with Gasteiger partial charge in [-0.3, -0.25) is 4.79 Å². The molecule has 1 heterocycles. The Bertz CT molecular complexity index is 308. The monoisotopic (exact) mass is 276 g/mol. The van der Waals surface area contributed by atoms with Gasteiger partial charge in [-0.05, 0) is 34.0 Å². The number of thiophene rings is 1. The Morgan fingerprint density at radius 1 is 1.82 bits per heavy atom. The average Bonchev–Trinajstić information content (AvgIpc) is 2.36. The molecule has 0 aliphatic carbocycles. The fourth-order valence-corrected chi connectivity index (χ4v) is 2.50. The van der Waals surface area contributed by atoms with Gasteiger partial charge in [0.1, 0.15) is 0 Å². The van der Waals surface area contributed by atoms with E-state index in [9.17, 15) is 4.79 Å². The second-order valence-corrected chi connectivity index (χ2v) is 3.98. The topological polar surface area (TPSA) is 17.1 Å². The van der Waals surface area contributed by atoms with Crippen molar-refractivity contribution in [3.63, 3.8) is 0 Å². The number of terminal acetylenes is 1. The van der Waals surface area contributed by atoms with Crippen LogP contribution in [0.2, 0.25) is 0 Å². The van der Waals surface area contributed by atoms with E-state index in [1.54, 1.807) is 0 Å². The Kier molecular flexibility index (Phi) is 3.09. The molecule has 11 heavy (non-hydrogen) atoms. The van der Waals surface area contributed by atoms with Crippen molar-refractivity contribution < 1.29 is 4.79 Å². The normalized spacial score (nSPS) is 9.09. The van der Waals surface area contributed by atoms with Gasteiger partial charge >= 0.3 is 0 Å². The van der Waals surface area contributed by atoms with Crippen LogP contribution in [0.5, 0.6) is 0 Å². The predicted octanol–water partition coefficient (Wildman–Crippen LogP) is 2.56. The molecule has 0 amide bonds. The second-order valence-electron chi connectivity index (χ2n) is 1.90. The van der Waals surface area contributed by atoms with Crippen LogP contribution in [0.3, 0.4) is 0 Å². The van der Waals surface area contributed by atoms with Crippen molar-refractivity contribution in [2.24, 2.45) is 0 Å². The first kappa shape index (κ1) is 8.75. The first-order valence-corrected chi connectivity index (χ1v) is 4.91. The lowest BCUT2D eigenvalue weighted by Crippen LogP contribution is -1.95. The molecule has 0 radical (unpaired) electrons. The summed E-state index contributed by atoms with van der Waals surface area (Å²) < 4.78 is 0.993. The van der Waals surface area contributed by atoms with Gasteiger partial charge in [-0.1, -0.05) is 5.92 Å². The highest BCUT2D eigenvalue weighted by Crippen LogP contribution is 2.19. The van der Waals surface area contributed by atoms with Crippen LogP contribution < -0.4 is 0 Å². The zero-order chi connectivity index (χ0) is 8.27. The standard InChI is InChI=1S/C8H5IOS/c1-2-3-7(10)8-6(9)4-5-11-8/h1,4-5H,3H2. The van der Waals surface area contributed by atoms with E-state index >= 15 is 0 Å². The van der Waals surface area contributed by atoms with E-state index in [-0.39, 0.29) is 12.2 Å². The van der Waals surface area contributed by atoms with Gasteiger partial charge in [-0.25, -0.2) is 0 Å². The Morgan fingerprint density at radius 3 is 3.00 bits per heavy atom. The van der Waals surface area contributed by atoms with Gasteiger partial charge in [0.15, 0.2) is 5.78 Å². The van der Waals surface area contributed by atoms with Crippen LogP contribution in [0.1, 0.15) is 16.1 Å². The third kappa shape index (κ3) is 2.04. The Balaban J connectivity index is 2.86. The van der Waals surface area contributed by atoms with E-state index in [1.807, 2.05) is 11.4 Å². The molecule has 0 saturated carbocycles. The van der Waals surface area contributed by atoms with E-state index in [0.29, 0.717) is 0 Å². The summed E-state index contributed by atoms with van der Waals surface area (Å²) >= 11 is 3.58. The van der Waals surface area contributed by atoms with Crippen LogP contribution in [0.4, 0.5) is 0 Å². The van der Waals surface area contributed by atoms with Crippen molar-refractivity contribution in [2.45, 2.75) is 6.42 Å². The Morgan fingerprint density at radius 2 is 2.55 bits per heavy atom. The van der Waals surface area contributed by atoms with Gasteiger partial charge in [-0.15, -0.1) is 17.8 Å².